The van der Waals surface area contributed by atoms with Gasteiger partial charge in [-0.05, 0) is 25.1 Å². The van der Waals surface area contributed by atoms with E-state index >= 15 is 0 Å². The zero-order chi connectivity index (χ0) is 20.6. The van der Waals surface area contributed by atoms with E-state index < -0.39 is 0 Å². The second-order valence-electron chi connectivity index (χ2n) is 7.91. The maximum Gasteiger partial charge on any atom is 0.271 e. The lowest BCUT2D eigenvalue weighted by molar-refractivity contribution is 0.0935. The molecule has 3 heterocycles. The minimum atomic E-state index is -0.204. The molecular weight excluding hydrogens is 406 g/mol. The number of benzene rings is 1. The third kappa shape index (κ3) is 4.28. The highest BCUT2D eigenvalue weighted by molar-refractivity contribution is 7.13. The topological polar surface area (TPSA) is 73.3 Å². The normalized spacial score (nSPS) is 14.5. The standard InChI is InChI=1S/C21H23N3O3S2/c1-12(19-24-17(11-29-19)21(2,3)4)22-18(25)14-10-28-20(23-14)13-5-6-15-16(9-13)27-8-7-26-15/h5-6,9-12H,7-8H2,1-4H3,(H,22,25)/t12-/m1/s1. The molecule has 8 heteroatoms. The van der Waals surface area contributed by atoms with Gasteiger partial charge in [0.25, 0.3) is 5.91 Å². The lowest BCUT2D eigenvalue weighted by Gasteiger charge is -2.18. The van der Waals surface area contributed by atoms with Gasteiger partial charge in [0, 0.05) is 21.7 Å². The Hall–Kier alpha value is -2.45. The molecule has 3 aromatic rings. The number of carbonyl (C=O) groups excluding carboxylic acids is 1. The summed E-state index contributed by atoms with van der Waals surface area (Å²) in [5.41, 5.74) is 2.33. The van der Waals surface area contributed by atoms with Crippen LogP contribution in [-0.4, -0.2) is 29.1 Å². The van der Waals surface area contributed by atoms with Crippen LogP contribution in [0.2, 0.25) is 0 Å². The first kappa shape index (κ1) is 19.8. The van der Waals surface area contributed by atoms with Gasteiger partial charge in [-0.2, -0.15) is 0 Å². The van der Waals surface area contributed by atoms with Gasteiger partial charge in [-0.1, -0.05) is 20.8 Å². The van der Waals surface area contributed by atoms with Crippen LogP contribution in [0.5, 0.6) is 11.5 Å². The van der Waals surface area contributed by atoms with Gasteiger partial charge in [0.15, 0.2) is 11.5 Å². The summed E-state index contributed by atoms with van der Waals surface area (Å²) in [6.45, 7) is 9.42. The number of fused-ring (bicyclic) bond motifs is 1. The summed E-state index contributed by atoms with van der Waals surface area (Å²) < 4.78 is 11.2. The van der Waals surface area contributed by atoms with Crippen molar-refractivity contribution in [2.45, 2.75) is 39.2 Å². The number of hydrogen-bond donors (Lipinski definition) is 1. The average Bonchev–Trinajstić information content (AvgIpc) is 3.37. The van der Waals surface area contributed by atoms with Crippen LogP contribution in [0.25, 0.3) is 10.6 Å². The van der Waals surface area contributed by atoms with E-state index in [1.54, 1.807) is 16.7 Å². The smallest absolute Gasteiger partial charge is 0.271 e. The number of amides is 1. The molecule has 0 saturated carbocycles. The van der Waals surface area contributed by atoms with Crippen LogP contribution in [0.15, 0.2) is 29.0 Å². The maximum absolute atomic E-state index is 12.7. The molecule has 0 saturated heterocycles. The Kier molecular flexibility index (Phi) is 5.31. The molecule has 4 rings (SSSR count). The summed E-state index contributed by atoms with van der Waals surface area (Å²) in [7, 11) is 0. The highest BCUT2D eigenvalue weighted by atomic mass is 32.1. The van der Waals surface area contributed by atoms with Crippen LogP contribution in [0.4, 0.5) is 0 Å². The molecule has 0 fully saturated rings. The average molecular weight is 430 g/mol. The number of aromatic nitrogens is 2. The van der Waals surface area contributed by atoms with E-state index in [-0.39, 0.29) is 17.4 Å². The molecule has 0 spiro atoms. The molecule has 1 aliphatic heterocycles. The quantitative estimate of drug-likeness (QED) is 0.643. The molecule has 0 bridgehead atoms. The Bertz CT molecular complexity index is 1040. The van der Waals surface area contributed by atoms with Crippen LogP contribution in [0.3, 0.4) is 0 Å². The van der Waals surface area contributed by atoms with E-state index in [0.717, 1.165) is 27.0 Å². The molecule has 1 aromatic carbocycles. The van der Waals surface area contributed by atoms with Crippen molar-refractivity contribution in [3.05, 3.63) is 45.4 Å². The fraction of sp³-hybridized carbons (Fsp3) is 0.381. The van der Waals surface area contributed by atoms with E-state index in [1.165, 1.54) is 11.3 Å². The number of carbonyl (C=O) groups is 1. The minimum absolute atomic E-state index is 0.00801. The Morgan fingerprint density at radius 2 is 1.86 bits per heavy atom. The lowest BCUT2D eigenvalue weighted by atomic mass is 9.93. The first-order valence-corrected chi connectivity index (χ1v) is 11.2. The first-order chi connectivity index (χ1) is 13.8. The van der Waals surface area contributed by atoms with Crippen molar-refractivity contribution in [3.63, 3.8) is 0 Å². The van der Waals surface area contributed by atoms with E-state index in [9.17, 15) is 4.79 Å². The van der Waals surface area contributed by atoms with Crippen LogP contribution < -0.4 is 14.8 Å². The third-order valence-corrected chi connectivity index (χ3v) is 6.45. The largest absolute Gasteiger partial charge is 0.486 e. The van der Waals surface area contributed by atoms with Gasteiger partial charge in [0.05, 0.1) is 11.7 Å². The molecular formula is C21H23N3O3S2. The molecule has 1 amide bonds. The highest BCUT2D eigenvalue weighted by Gasteiger charge is 2.22. The van der Waals surface area contributed by atoms with Crippen molar-refractivity contribution < 1.29 is 14.3 Å². The number of nitrogens with zero attached hydrogens (tertiary/aromatic N) is 2. The molecule has 29 heavy (non-hydrogen) atoms. The van der Waals surface area contributed by atoms with Crippen LogP contribution in [-0.2, 0) is 5.41 Å². The Balaban J connectivity index is 1.46. The molecule has 0 aliphatic carbocycles. The van der Waals surface area contributed by atoms with Crippen molar-refractivity contribution in [1.82, 2.24) is 15.3 Å². The Labute approximate surface area is 177 Å². The summed E-state index contributed by atoms with van der Waals surface area (Å²) in [5.74, 6) is 1.24. The van der Waals surface area contributed by atoms with Crippen molar-refractivity contribution in [1.29, 1.82) is 0 Å². The zero-order valence-electron chi connectivity index (χ0n) is 16.8. The van der Waals surface area contributed by atoms with Gasteiger partial charge in [0.1, 0.15) is 28.9 Å². The van der Waals surface area contributed by atoms with Crippen LogP contribution in [0.1, 0.15) is 54.9 Å². The number of rotatable bonds is 4. The zero-order valence-corrected chi connectivity index (χ0v) is 18.4. The second-order valence-corrected chi connectivity index (χ2v) is 9.66. The second kappa shape index (κ2) is 7.76. The molecule has 6 nitrogen and oxygen atoms in total. The molecule has 2 aromatic heterocycles. The number of hydrogen-bond acceptors (Lipinski definition) is 7. The summed E-state index contributed by atoms with van der Waals surface area (Å²) >= 11 is 3.00. The van der Waals surface area contributed by atoms with E-state index in [0.29, 0.717) is 24.7 Å². The monoisotopic (exact) mass is 429 g/mol. The molecule has 1 N–H and O–H groups in total. The van der Waals surface area contributed by atoms with Gasteiger partial charge in [-0.3, -0.25) is 4.79 Å². The maximum atomic E-state index is 12.7. The van der Waals surface area contributed by atoms with Gasteiger partial charge in [0.2, 0.25) is 0 Å². The summed E-state index contributed by atoms with van der Waals surface area (Å²) in [6.07, 6.45) is 0. The summed E-state index contributed by atoms with van der Waals surface area (Å²) in [5, 5.41) is 8.49. The fourth-order valence-corrected chi connectivity index (χ4v) is 4.70. The van der Waals surface area contributed by atoms with Crippen molar-refractivity contribution in [3.8, 4) is 22.1 Å². The molecule has 0 radical (unpaired) electrons. The van der Waals surface area contributed by atoms with Crippen molar-refractivity contribution >= 4 is 28.6 Å². The van der Waals surface area contributed by atoms with Crippen LogP contribution in [0, 0.1) is 0 Å². The van der Waals surface area contributed by atoms with Crippen molar-refractivity contribution in [2.24, 2.45) is 0 Å². The van der Waals surface area contributed by atoms with Crippen LogP contribution >= 0.6 is 22.7 Å². The van der Waals surface area contributed by atoms with Gasteiger partial charge in [-0.25, -0.2) is 9.97 Å². The van der Waals surface area contributed by atoms with E-state index in [2.05, 4.69) is 41.4 Å². The SMILES string of the molecule is C[C@@H](NC(=O)c1csc(-c2ccc3c(c2)OCCO3)n1)c1nc(C(C)(C)C)cs1. The number of ether oxygens (including phenoxy) is 2. The lowest BCUT2D eigenvalue weighted by Crippen LogP contribution is -2.27. The fourth-order valence-electron chi connectivity index (χ4n) is 2.85. The van der Waals surface area contributed by atoms with Gasteiger partial charge < -0.3 is 14.8 Å². The molecule has 0 unspecified atom stereocenters. The molecule has 1 aliphatic rings. The van der Waals surface area contributed by atoms with Gasteiger partial charge >= 0.3 is 0 Å². The first-order valence-electron chi connectivity index (χ1n) is 9.43. The van der Waals surface area contributed by atoms with Gasteiger partial charge in [-0.15, -0.1) is 22.7 Å². The van der Waals surface area contributed by atoms with E-state index in [1.807, 2.05) is 25.1 Å². The molecule has 152 valence electrons. The Morgan fingerprint density at radius 1 is 1.10 bits per heavy atom. The number of nitrogens with one attached hydrogen (secondary N) is 1. The minimum Gasteiger partial charge on any atom is -0.486 e. The highest BCUT2D eigenvalue weighted by Crippen LogP contribution is 2.35. The predicted octanol–water partition coefficient (Wildman–Crippen LogP) is 4.83. The van der Waals surface area contributed by atoms with E-state index in [4.69, 9.17) is 9.47 Å². The summed E-state index contributed by atoms with van der Waals surface area (Å²) in [6, 6.07) is 5.53. The molecule has 1 atom stereocenters. The summed E-state index contributed by atoms with van der Waals surface area (Å²) in [4.78, 5) is 21.9. The van der Waals surface area contributed by atoms with Crippen molar-refractivity contribution in [2.75, 3.05) is 13.2 Å². The third-order valence-electron chi connectivity index (χ3n) is 4.53. The predicted molar refractivity (Wildman–Crippen MR) is 115 cm³/mol. The number of thiazole rings is 2. The Morgan fingerprint density at radius 3 is 2.59 bits per heavy atom.